The monoisotopic (exact) mass is 409 g/mol. The van der Waals surface area contributed by atoms with Gasteiger partial charge in [-0.3, -0.25) is 14.2 Å². The van der Waals surface area contributed by atoms with Crippen molar-refractivity contribution in [2.45, 2.75) is 51.1 Å². The lowest BCUT2D eigenvalue weighted by Crippen LogP contribution is -2.27. The Kier molecular flexibility index (Phi) is 6.75. The smallest absolute Gasteiger partial charge is 0.262 e. The Morgan fingerprint density at radius 3 is 2.52 bits per heavy atom. The number of para-hydroxylation sites is 2. The Balaban J connectivity index is 1.89. The van der Waals surface area contributed by atoms with E-state index in [0.717, 1.165) is 17.7 Å². The van der Waals surface area contributed by atoms with Crippen molar-refractivity contribution in [3.63, 3.8) is 0 Å². The van der Waals surface area contributed by atoms with Crippen LogP contribution < -0.4 is 10.9 Å². The Bertz CT molecular complexity index is 1080. The Morgan fingerprint density at radius 2 is 1.79 bits per heavy atom. The fourth-order valence-corrected chi connectivity index (χ4v) is 3.92. The maximum atomic E-state index is 13.1. The van der Waals surface area contributed by atoms with E-state index in [1.54, 1.807) is 10.6 Å². The summed E-state index contributed by atoms with van der Waals surface area (Å²) in [7, 11) is 0. The third-order valence-corrected chi connectivity index (χ3v) is 5.90. The molecule has 0 saturated carbocycles. The van der Waals surface area contributed by atoms with E-state index in [0.29, 0.717) is 28.5 Å². The average molecular weight is 410 g/mol. The average Bonchev–Trinajstić information content (AvgIpc) is 2.69. The van der Waals surface area contributed by atoms with E-state index in [1.807, 2.05) is 56.3 Å². The number of hydrogen-bond donors (Lipinski definition) is 1. The van der Waals surface area contributed by atoms with Gasteiger partial charge in [0.1, 0.15) is 0 Å². The predicted octanol–water partition coefficient (Wildman–Crippen LogP) is 4.87. The van der Waals surface area contributed by atoms with Crippen LogP contribution in [0.15, 0.2) is 58.5 Å². The van der Waals surface area contributed by atoms with Crippen LogP contribution in [0.2, 0.25) is 0 Å². The molecule has 0 aliphatic carbocycles. The van der Waals surface area contributed by atoms with Gasteiger partial charge in [-0.15, -0.1) is 0 Å². The molecule has 1 aromatic heterocycles. The molecule has 5 nitrogen and oxygen atoms in total. The molecule has 0 radical (unpaired) electrons. The SMILES string of the molecule is Cc1ccccc1NC(=O)C(C)Sc1nc2ccccc2c(=O)n1CCC(C)C. The zero-order valence-electron chi connectivity index (χ0n) is 17.3. The molecule has 0 saturated heterocycles. The summed E-state index contributed by atoms with van der Waals surface area (Å²) in [5.41, 5.74) is 2.42. The Hall–Kier alpha value is -2.60. The van der Waals surface area contributed by atoms with Crippen LogP contribution in [0.4, 0.5) is 5.69 Å². The summed E-state index contributed by atoms with van der Waals surface area (Å²) in [6, 6.07) is 15.0. The molecule has 0 bridgehead atoms. The number of rotatable bonds is 7. The number of carbonyl (C=O) groups excluding carboxylic acids is 1. The van der Waals surface area contributed by atoms with Crippen molar-refractivity contribution in [3.8, 4) is 0 Å². The number of hydrogen-bond acceptors (Lipinski definition) is 4. The topological polar surface area (TPSA) is 64.0 Å². The molecule has 29 heavy (non-hydrogen) atoms. The number of thioether (sulfide) groups is 1. The minimum absolute atomic E-state index is 0.0507. The molecule has 0 aliphatic heterocycles. The predicted molar refractivity (Wildman–Crippen MR) is 121 cm³/mol. The van der Waals surface area contributed by atoms with Gasteiger partial charge >= 0.3 is 0 Å². The molecule has 0 fully saturated rings. The minimum atomic E-state index is -0.395. The molecule has 2 aromatic carbocycles. The molecule has 3 rings (SSSR count). The molecular formula is C23H27N3O2S. The van der Waals surface area contributed by atoms with Gasteiger partial charge in [0.15, 0.2) is 5.16 Å². The van der Waals surface area contributed by atoms with Crippen LogP contribution in [0, 0.1) is 12.8 Å². The van der Waals surface area contributed by atoms with Crippen molar-refractivity contribution >= 4 is 34.3 Å². The summed E-state index contributed by atoms with van der Waals surface area (Å²) >= 11 is 1.32. The molecule has 152 valence electrons. The van der Waals surface area contributed by atoms with Gasteiger partial charge in [-0.25, -0.2) is 4.98 Å². The molecule has 0 aliphatic rings. The largest absolute Gasteiger partial charge is 0.325 e. The fraction of sp³-hybridized carbons (Fsp3) is 0.348. The zero-order valence-corrected chi connectivity index (χ0v) is 18.1. The van der Waals surface area contributed by atoms with Crippen LogP contribution in [0.3, 0.4) is 0 Å². The lowest BCUT2D eigenvalue weighted by molar-refractivity contribution is -0.115. The van der Waals surface area contributed by atoms with Gasteiger partial charge in [0.2, 0.25) is 5.91 Å². The highest BCUT2D eigenvalue weighted by atomic mass is 32.2. The van der Waals surface area contributed by atoms with Crippen molar-refractivity contribution in [2.75, 3.05) is 5.32 Å². The van der Waals surface area contributed by atoms with Gasteiger partial charge in [-0.05, 0) is 49.9 Å². The number of carbonyl (C=O) groups is 1. The third-order valence-electron chi connectivity index (χ3n) is 4.81. The first-order valence-electron chi connectivity index (χ1n) is 9.89. The van der Waals surface area contributed by atoms with E-state index in [9.17, 15) is 9.59 Å². The standard InChI is InChI=1S/C23H27N3O2S/c1-15(2)13-14-26-22(28)18-10-6-8-12-20(18)25-23(26)29-17(4)21(27)24-19-11-7-5-9-16(19)3/h5-12,15,17H,13-14H2,1-4H3,(H,24,27). The van der Waals surface area contributed by atoms with Crippen molar-refractivity contribution < 1.29 is 4.79 Å². The highest BCUT2D eigenvalue weighted by molar-refractivity contribution is 8.00. The third kappa shape index (κ3) is 5.07. The second-order valence-corrected chi connectivity index (χ2v) is 8.92. The van der Waals surface area contributed by atoms with Crippen LogP contribution in [-0.4, -0.2) is 20.7 Å². The second-order valence-electron chi connectivity index (χ2n) is 7.62. The fourth-order valence-electron chi connectivity index (χ4n) is 2.98. The number of benzene rings is 2. The zero-order chi connectivity index (χ0) is 21.0. The quantitative estimate of drug-likeness (QED) is 0.447. The van der Waals surface area contributed by atoms with Gasteiger partial charge in [-0.2, -0.15) is 0 Å². The van der Waals surface area contributed by atoms with Gasteiger partial charge in [0.25, 0.3) is 5.56 Å². The van der Waals surface area contributed by atoms with Gasteiger partial charge in [0, 0.05) is 12.2 Å². The number of nitrogens with zero attached hydrogens (tertiary/aromatic N) is 2. The minimum Gasteiger partial charge on any atom is -0.325 e. The maximum absolute atomic E-state index is 13.1. The number of aromatic nitrogens is 2. The lowest BCUT2D eigenvalue weighted by atomic mass is 10.1. The number of nitrogens with one attached hydrogen (secondary N) is 1. The molecule has 1 N–H and O–H groups in total. The van der Waals surface area contributed by atoms with Crippen LogP contribution in [0.1, 0.15) is 32.8 Å². The van der Waals surface area contributed by atoms with Crippen molar-refractivity contribution in [2.24, 2.45) is 5.92 Å². The first-order chi connectivity index (χ1) is 13.9. The molecule has 1 amide bonds. The normalized spacial score (nSPS) is 12.3. The second kappa shape index (κ2) is 9.27. The Morgan fingerprint density at radius 1 is 1.10 bits per heavy atom. The number of anilines is 1. The Labute approximate surface area is 175 Å². The molecule has 6 heteroatoms. The maximum Gasteiger partial charge on any atom is 0.262 e. The number of fused-ring (bicyclic) bond motifs is 1. The van der Waals surface area contributed by atoms with E-state index >= 15 is 0 Å². The van der Waals surface area contributed by atoms with Crippen LogP contribution in [0.5, 0.6) is 0 Å². The van der Waals surface area contributed by atoms with Gasteiger partial charge in [-0.1, -0.05) is 55.9 Å². The van der Waals surface area contributed by atoms with E-state index in [2.05, 4.69) is 19.2 Å². The first-order valence-corrected chi connectivity index (χ1v) is 10.8. The molecule has 1 heterocycles. The molecule has 1 unspecified atom stereocenters. The van der Waals surface area contributed by atoms with Crippen LogP contribution in [0.25, 0.3) is 10.9 Å². The van der Waals surface area contributed by atoms with E-state index in [-0.39, 0.29) is 11.5 Å². The highest BCUT2D eigenvalue weighted by Gasteiger charge is 2.20. The summed E-state index contributed by atoms with van der Waals surface area (Å²) in [6.45, 7) is 8.65. The lowest BCUT2D eigenvalue weighted by Gasteiger charge is -2.17. The first kappa shape index (κ1) is 21.1. The van der Waals surface area contributed by atoms with Crippen molar-refractivity contribution in [3.05, 3.63) is 64.4 Å². The molecule has 0 spiro atoms. The summed E-state index contributed by atoms with van der Waals surface area (Å²) < 4.78 is 1.71. The highest BCUT2D eigenvalue weighted by Crippen LogP contribution is 2.25. The summed E-state index contributed by atoms with van der Waals surface area (Å²) in [5.74, 6) is 0.357. The number of aryl methyl sites for hydroxylation is 1. The molecule has 1 atom stereocenters. The molecule has 3 aromatic rings. The van der Waals surface area contributed by atoms with Crippen LogP contribution >= 0.6 is 11.8 Å². The van der Waals surface area contributed by atoms with Gasteiger partial charge in [0.05, 0.1) is 16.2 Å². The van der Waals surface area contributed by atoms with E-state index < -0.39 is 5.25 Å². The van der Waals surface area contributed by atoms with Crippen LogP contribution in [-0.2, 0) is 11.3 Å². The number of amides is 1. The molecular weight excluding hydrogens is 382 g/mol. The summed E-state index contributed by atoms with van der Waals surface area (Å²) in [6.07, 6.45) is 0.872. The summed E-state index contributed by atoms with van der Waals surface area (Å²) in [5, 5.41) is 3.78. The van der Waals surface area contributed by atoms with Crippen molar-refractivity contribution in [1.82, 2.24) is 9.55 Å². The van der Waals surface area contributed by atoms with Crippen molar-refractivity contribution in [1.29, 1.82) is 0 Å². The van der Waals surface area contributed by atoms with E-state index in [1.165, 1.54) is 11.8 Å². The van der Waals surface area contributed by atoms with E-state index in [4.69, 9.17) is 4.98 Å². The summed E-state index contributed by atoms with van der Waals surface area (Å²) in [4.78, 5) is 30.5. The van der Waals surface area contributed by atoms with Gasteiger partial charge < -0.3 is 5.32 Å².